The van der Waals surface area contributed by atoms with Crippen molar-refractivity contribution in [2.45, 2.75) is 6.92 Å². The Morgan fingerprint density at radius 1 is 1.08 bits per heavy atom. The zero-order valence-corrected chi connectivity index (χ0v) is 20.4. The van der Waals surface area contributed by atoms with Gasteiger partial charge in [-0.25, -0.2) is 0 Å². The molecule has 0 heterocycles. The van der Waals surface area contributed by atoms with Crippen molar-refractivity contribution in [2.24, 2.45) is 0 Å². The third-order valence-electron chi connectivity index (χ3n) is 4.77. The molecule has 0 aliphatic rings. The topological polar surface area (TPSA) is 158 Å². The second-order valence-corrected chi connectivity index (χ2v) is 8.15. The number of non-ortho nitro benzene ring substituents is 1. The summed E-state index contributed by atoms with van der Waals surface area (Å²) in [4.78, 5) is 33.5. The first-order chi connectivity index (χ1) is 17.1. The molecule has 0 saturated heterocycles. The fraction of sp³-hybridized carbons (Fsp3) is 0.0833. The summed E-state index contributed by atoms with van der Waals surface area (Å²) in [6, 6.07) is 14.9. The van der Waals surface area contributed by atoms with E-state index in [1.807, 2.05) is 19.1 Å². The lowest BCUT2D eigenvalue weighted by Crippen LogP contribution is -2.13. The van der Waals surface area contributed by atoms with E-state index in [1.165, 1.54) is 25.3 Å². The molecule has 1 amide bonds. The number of halogens is 1. The zero-order chi connectivity index (χ0) is 26.4. The number of anilines is 1. The van der Waals surface area contributed by atoms with Gasteiger partial charge >= 0.3 is 5.69 Å². The van der Waals surface area contributed by atoms with Gasteiger partial charge in [-0.05, 0) is 70.4 Å². The molecule has 3 aromatic carbocycles. The fourth-order valence-corrected chi connectivity index (χ4v) is 3.66. The number of nitro benzene ring substituents is 2. The van der Waals surface area contributed by atoms with Crippen LogP contribution in [-0.4, -0.2) is 22.9 Å². The number of hydrogen-bond acceptors (Lipinski definition) is 8. The third-order valence-corrected chi connectivity index (χ3v) is 5.35. The molecule has 11 nitrogen and oxygen atoms in total. The molecule has 0 aliphatic heterocycles. The summed E-state index contributed by atoms with van der Waals surface area (Å²) < 4.78 is 11.3. The molecular weight excluding hydrogens is 536 g/mol. The average Bonchev–Trinajstić information content (AvgIpc) is 2.83. The van der Waals surface area contributed by atoms with Crippen LogP contribution in [0.4, 0.5) is 17.1 Å². The highest BCUT2D eigenvalue weighted by molar-refractivity contribution is 9.10. The largest absolute Gasteiger partial charge is 0.493 e. The number of aryl methyl sites for hydroxylation is 1. The van der Waals surface area contributed by atoms with Crippen molar-refractivity contribution in [3.63, 3.8) is 0 Å². The van der Waals surface area contributed by atoms with Crippen LogP contribution in [0, 0.1) is 38.5 Å². The van der Waals surface area contributed by atoms with Gasteiger partial charge in [-0.3, -0.25) is 25.0 Å². The van der Waals surface area contributed by atoms with Crippen LogP contribution in [0.15, 0.2) is 64.6 Å². The zero-order valence-electron chi connectivity index (χ0n) is 18.9. The van der Waals surface area contributed by atoms with Crippen LogP contribution in [-0.2, 0) is 4.79 Å². The number of methoxy groups -OCH3 is 1. The first-order valence-corrected chi connectivity index (χ1v) is 10.9. The Balaban J connectivity index is 1.95. The van der Waals surface area contributed by atoms with Gasteiger partial charge < -0.3 is 14.8 Å². The molecule has 1 N–H and O–H groups in total. The number of nitriles is 1. The van der Waals surface area contributed by atoms with E-state index in [9.17, 15) is 30.3 Å². The molecule has 0 radical (unpaired) electrons. The number of nitro groups is 2. The fourth-order valence-electron chi connectivity index (χ4n) is 3.12. The lowest BCUT2D eigenvalue weighted by Gasteiger charge is -2.13. The molecule has 3 aromatic rings. The number of hydrogen-bond donors (Lipinski definition) is 1. The Bertz CT molecular complexity index is 1450. The highest BCUT2D eigenvalue weighted by Gasteiger charge is 2.23. The van der Waals surface area contributed by atoms with Crippen molar-refractivity contribution >= 4 is 45.0 Å². The van der Waals surface area contributed by atoms with E-state index in [0.29, 0.717) is 11.3 Å². The Morgan fingerprint density at radius 3 is 2.44 bits per heavy atom. The van der Waals surface area contributed by atoms with Gasteiger partial charge in [0.25, 0.3) is 11.6 Å². The molecule has 0 unspecified atom stereocenters. The Kier molecular flexibility index (Phi) is 7.98. The van der Waals surface area contributed by atoms with Crippen molar-refractivity contribution in [3.05, 3.63) is 96.0 Å². The highest BCUT2D eigenvalue weighted by Crippen LogP contribution is 2.43. The summed E-state index contributed by atoms with van der Waals surface area (Å²) in [5.74, 6) is -0.683. The maximum absolute atomic E-state index is 12.6. The summed E-state index contributed by atoms with van der Waals surface area (Å²) in [7, 11) is 1.34. The smallest absolute Gasteiger partial charge is 0.318 e. The van der Waals surface area contributed by atoms with E-state index in [1.54, 1.807) is 18.2 Å². The predicted molar refractivity (Wildman–Crippen MR) is 134 cm³/mol. The quantitative estimate of drug-likeness (QED) is 0.156. The maximum Gasteiger partial charge on any atom is 0.318 e. The van der Waals surface area contributed by atoms with E-state index < -0.39 is 27.1 Å². The van der Waals surface area contributed by atoms with E-state index in [0.717, 1.165) is 23.8 Å². The summed E-state index contributed by atoms with van der Waals surface area (Å²) in [5, 5.41) is 34.6. The summed E-state index contributed by atoms with van der Waals surface area (Å²) in [6.45, 7) is 1.87. The number of benzene rings is 3. The van der Waals surface area contributed by atoms with E-state index >= 15 is 0 Å². The Labute approximate surface area is 213 Å². The molecule has 0 atom stereocenters. The predicted octanol–water partition coefficient (Wildman–Crippen LogP) is 5.92. The van der Waals surface area contributed by atoms with Crippen LogP contribution < -0.4 is 14.8 Å². The third kappa shape index (κ3) is 6.02. The molecule has 12 heteroatoms. The van der Waals surface area contributed by atoms with Crippen LogP contribution in [0.2, 0.25) is 0 Å². The SMILES string of the molecule is COc1cc(/C=C(/C#N)C(=O)Nc2cccc(C)c2)cc(Br)c1Oc1ccc([N+](=O)[O-])cc1[N+](=O)[O-]. The average molecular weight is 553 g/mol. The standard InChI is InChI=1S/C24H17BrN4O7/c1-14-4-3-5-17(8-14)27-24(30)16(13-26)9-15-10-19(25)23(22(11-15)35-2)36-21-7-6-18(28(31)32)12-20(21)29(33)34/h3-12H,1-2H3,(H,27,30)/b16-9-. The number of nitrogens with one attached hydrogen (secondary N) is 1. The van der Waals surface area contributed by atoms with Crippen LogP contribution in [0.25, 0.3) is 6.08 Å². The lowest BCUT2D eigenvalue weighted by molar-refractivity contribution is -0.394. The number of nitrogens with zero attached hydrogens (tertiary/aromatic N) is 3. The molecule has 3 rings (SSSR count). The minimum Gasteiger partial charge on any atom is -0.493 e. The molecule has 0 fully saturated rings. The van der Waals surface area contributed by atoms with Gasteiger partial charge in [0.1, 0.15) is 11.6 Å². The number of rotatable bonds is 8. The molecule has 36 heavy (non-hydrogen) atoms. The van der Waals surface area contributed by atoms with Crippen molar-refractivity contribution in [3.8, 4) is 23.3 Å². The van der Waals surface area contributed by atoms with Gasteiger partial charge in [0.2, 0.25) is 5.75 Å². The van der Waals surface area contributed by atoms with E-state index in [-0.39, 0.29) is 27.3 Å². The van der Waals surface area contributed by atoms with Crippen molar-refractivity contribution < 1.29 is 24.1 Å². The molecule has 0 spiro atoms. The van der Waals surface area contributed by atoms with E-state index in [2.05, 4.69) is 21.2 Å². The van der Waals surface area contributed by atoms with Crippen LogP contribution in [0.1, 0.15) is 11.1 Å². The van der Waals surface area contributed by atoms with E-state index in [4.69, 9.17) is 9.47 Å². The van der Waals surface area contributed by atoms with Gasteiger partial charge in [0, 0.05) is 11.8 Å². The summed E-state index contributed by atoms with van der Waals surface area (Å²) in [5.41, 5.74) is 0.627. The normalized spacial score (nSPS) is 10.8. The lowest BCUT2D eigenvalue weighted by atomic mass is 10.1. The second-order valence-electron chi connectivity index (χ2n) is 7.30. The number of amides is 1. The first kappa shape index (κ1) is 25.9. The highest BCUT2D eigenvalue weighted by atomic mass is 79.9. The molecule has 182 valence electrons. The minimum absolute atomic E-state index is 0.0503. The molecule has 0 aliphatic carbocycles. The molecular formula is C24H17BrN4O7. The van der Waals surface area contributed by atoms with Gasteiger partial charge in [-0.2, -0.15) is 5.26 Å². The number of ether oxygens (including phenoxy) is 2. The molecule has 0 saturated carbocycles. The van der Waals surface area contributed by atoms with Crippen molar-refractivity contribution in [1.29, 1.82) is 5.26 Å². The molecule has 0 bridgehead atoms. The first-order valence-electron chi connectivity index (χ1n) is 10.1. The maximum atomic E-state index is 12.6. The van der Waals surface area contributed by atoms with Gasteiger partial charge in [-0.15, -0.1) is 0 Å². The van der Waals surface area contributed by atoms with Crippen LogP contribution >= 0.6 is 15.9 Å². The van der Waals surface area contributed by atoms with Gasteiger partial charge in [0.15, 0.2) is 11.5 Å². The number of carbonyl (C=O) groups excluding carboxylic acids is 1. The van der Waals surface area contributed by atoms with Gasteiger partial charge in [-0.1, -0.05) is 12.1 Å². The van der Waals surface area contributed by atoms with Crippen molar-refractivity contribution in [2.75, 3.05) is 12.4 Å². The van der Waals surface area contributed by atoms with Gasteiger partial charge in [0.05, 0.1) is 27.5 Å². The monoisotopic (exact) mass is 552 g/mol. The Morgan fingerprint density at radius 2 is 1.83 bits per heavy atom. The van der Waals surface area contributed by atoms with Crippen LogP contribution in [0.5, 0.6) is 17.2 Å². The van der Waals surface area contributed by atoms with Crippen LogP contribution in [0.3, 0.4) is 0 Å². The number of carbonyl (C=O) groups is 1. The summed E-state index contributed by atoms with van der Waals surface area (Å²) in [6.07, 6.45) is 1.34. The second kappa shape index (κ2) is 11.1. The molecule has 0 aromatic heterocycles. The summed E-state index contributed by atoms with van der Waals surface area (Å²) >= 11 is 3.31. The minimum atomic E-state index is -0.800. The van der Waals surface area contributed by atoms with Crippen molar-refractivity contribution in [1.82, 2.24) is 0 Å². The Hall–Kier alpha value is -4.76.